The highest BCUT2D eigenvalue weighted by atomic mass is 16.2. The third-order valence-corrected chi connectivity index (χ3v) is 5.54. The van der Waals surface area contributed by atoms with Crippen molar-refractivity contribution in [3.63, 3.8) is 0 Å². The summed E-state index contributed by atoms with van der Waals surface area (Å²) in [4.78, 5) is 14.5. The van der Waals surface area contributed by atoms with Crippen molar-refractivity contribution in [2.45, 2.75) is 52.0 Å². The first-order valence-corrected chi connectivity index (χ1v) is 9.54. The molecule has 2 aromatic heterocycles. The lowest BCUT2D eigenvalue weighted by Crippen LogP contribution is -2.31. The van der Waals surface area contributed by atoms with Crippen LogP contribution < -0.4 is 10.2 Å². The number of aryl methyl sites for hydroxylation is 1. The summed E-state index contributed by atoms with van der Waals surface area (Å²) in [6.07, 6.45) is 7.68. The highest BCUT2D eigenvalue weighted by molar-refractivity contribution is 5.94. The van der Waals surface area contributed by atoms with Gasteiger partial charge in [0.15, 0.2) is 5.82 Å². The number of amides is 1. The zero-order valence-electron chi connectivity index (χ0n) is 16.6. The van der Waals surface area contributed by atoms with Gasteiger partial charge in [0, 0.05) is 38.1 Å². The standard InChI is InChI=1S/C20H28N6O/c1-14-15(2)26(16-8-6-5-7-9-16)20(17(14)12-21)22-19(27)13-24(3)18-10-11-25(4)23-18/h10-11,16H,5-9,13H2,1-4H3,(H,22,27). The topological polar surface area (TPSA) is 78.9 Å². The van der Waals surface area contributed by atoms with Crippen LogP contribution in [0.2, 0.25) is 0 Å². The monoisotopic (exact) mass is 368 g/mol. The van der Waals surface area contributed by atoms with Crippen LogP contribution in [0.1, 0.15) is 55.0 Å². The molecule has 1 fully saturated rings. The quantitative estimate of drug-likeness (QED) is 0.878. The normalized spacial score (nSPS) is 14.8. The van der Waals surface area contributed by atoms with Crippen molar-refractivity contribution in [3.05, 3.63) is 29.1 Å². The van der Waals surface area contributed by atoms with Crippen LogP contribution in [0.4, 0.5) is 11.6 Å². The van der Waals surface area contributed by atoms with E-state index in [9.17, 15) is 10.1 Å². The lowest BCUT2D eigenvalue weighted by molar-refractivity contribution is -0.115. The fraction of sp³-hybridized carbons (Fsp3) is 0.550. The number of anilines is 2. The maximum Gasteiger partial charge on any atom is 0.245 e. The Morgan fingerprint density at radius 1 is 1.37 bits per heavy atom. The minimum absolute atomic E-state index is 0.144. The number of hydrogen-bond donors (Lipinski definition) is 1. The molecule has 1 N–H and O–H groups in total. The largest absolute Gasteiger partial charge is 0.349 e. The second kappa shape index (κ2) is 7.87. The number of carbonyl (C=O) groups excluding carboxylic acids is 1. The summed E-state index contributed by atoms with van der Waals surface area (Å²) in [6, 6.07) is 4.51. The van der Waals surface area contributed by atoms with E-state index in [1.54, 1.807) is 9.58 Å². The van der Waals surface area contributed by atoms with Crippen LogP contribution in [0.3, 0.4) is 0 Å². The van der Waals surface area contributed by atoms with Crippen molar-refractivity contribution in [3.8, 4) is 6.07 Å². The number of hydrogen-bond acceptors (Lipinski definition) is 4. The zero-order chi connectivity index (χ0) is 19.6. The van der Waals surface area contributed by atoms with Crippen LogP contribution in [0.5, 0.6) is 0 Å². The molecule has 0 aromatic carbocycles. The van der Waals surface area contributed by atoms with Crippen LogP contribution in [-0.4, -0.2) is 33.8 Å². The summed E-state index contributed by atoms with van der Waals surface area (Å²) in [7, 11) is 3.68. The van der Waals surface area contributed by atoms with Gasteiger partial charge in [0.25, 0.3) is 0 Å². The first-order valence-electron chi connectivity index (χ1n) is 9.54. The molecule has 27 heavy (non-hydrogen) atoms. The Hall–Kier alpha value is -2.75. The maximum absolute atomic E-state index is 12.7. The van der Waals surface area contributed by atoms with Gasteiger partial charge in [-0.1, -0.05) is 19.3 Å². The number of rotatable bonds is 5. The molecule has 0 radical (unpaired) electrons. The Balaban J connectivity index is 1.83. The van der Waals surface area contributed by atoms with Crippen LogP contribution >= 0.6 is 0 Å². The van der Waals surface area contributed by atoms with E-state index in [2.05, 4.69) is 21.1 Å². The molecule has 1 aliphatic rings. The Bertz CT molecular complexity index is 866. The average molecular weight is 368 g/mol. The molecule has 144 valence electrons. The van der Waals surface area contributed by atoms with Gasteiger partial charge in [0.1, 0.15) is 11.9 Å². The van der Waals surface area contributed by atoms with Gasteiger partial charge in [-0.3, -0.25) is 9.48 Å². The summed E-state index contributed by atoms with van der Waals surface area (Å²) in [6.45, 7) is 4.18. The molecule has 7 heteroatoms. The van der Waals surface area contributed by atoms with Crippen LogP contribution in [0.15, 0.2) is 12.3 Å². The lowest BCUT2D eigenvalue weighted by Gasteiger charge is -2.27. The fourth-order valence-electron chi connectivity index (χ4n) is 3.96. The Kier molecular flexibility index (Phi) is 5.54. The SMILES string of the molecule is Cc1c(C#N)c(NC(=O)CN(C)c2ccn(C)n2)n(C2CCCCC2)c1C. The van der Waals surface area contributed by atoms with Crippen molar-refractivity contribution in [1.29, 1.82) is 5.26 Å². The first-order chi connectivity index (χ1) is 12.9. The van der Waals surface area contributed by atoms with E-state index in [0.717, 1.165) is 29.9 Å². The number of likely N-dealkylation sites (N-methyl/N-ethyl adjacent to an activating group) is 1. The third-order valence-electron chi connectivity index (χ3n) is 5.54. The summed E-state index contributed by atoms with van der Waals surface area (Å²) in [5.41, 5.74) is 2.61. The molecule has 2 aromatic rings. The molecular formula is C20H28N6O. The zero-order valence-corrected chi connectivity index (χ0v) is 16.6. The summed E-state index contributed by atoms with van der Waals surface area (Å²) >= 11 is 0. The molecule has 7 nitrogen and oxygen atoms in total. The average Bonchev–Trinajstić information content (AvgIpc) is 3.18. The molecule has 0 unspecified atom stereocenters. The predicted molar refractivity (Wildman–Crippen MR) is 106 cm³/mol. The molecule has 1 amide bonds. The Labute approximate surface area is 160 Å². The number of aromatic nitrogens is 3. The Morgan fingerprint density at radius 3 is 2.67 bits per heavy atom. The van der Waals surface area contributed by atoms with Gasteiger partial charge in [0.2, 0.25) is 5.91 Å². The minimum atomic E-state index is -0.144. The molecule has 2 heterocycles. The molecule has 0 bridgehead atoms. The van der Waals surface area contributed by atoms with Crippen LogP contribution in [0, 0.1) is 25.2 Å². The lowest BCUT2D eigenvalue weighted by atomic mass is 9.95. The van der Waals surface area contributed by atoms with E-state index < -0.39 is 0 Å². The maximum atomic E-state index is 12.7. The van der Waals surface area contributed by atoms with Gasteiger partial charge < -0.3 is 14.8 Å². The van der Waals surface area contributed by atoms with Gasteiger partial charge >= 0.3 is 0 Å². The molecule has 0 spiro atoms. The minimum Gasteiger partial charge on any atom is -0.349 e. The molecule has 1 saturated carbocycles. The van der Waals surface area contributed by atoms with Crippen molar-refractivity contribution < 1.29 is 4.79 Å². The predicted octanol–water partition coefficient (Wildman–Crippen LogP) is 3.29. The van der Waals surface area contributed by atoms with Crippen LogP contribution in [0.25, 0.3) is 0 Å². The van der Waals surface area contributed by atoms with E-state index in [1.165, 1.54) is 19.3 Å². The Morgan fingerprint density at radius 2 is 2.07 bits per heavy atom. The second-order valence-corrected chi connectivity index (χ2v) is 7.46. The molecule has 0 saturated heterocycles. The van der Waals surface area contributed by atoms with E-state index in [0.29, 0.717) is 17.4 Å². The van der Waals surface area contributed by atoms with Crippen molar-refractivity contribution in [1.82, 2.24) is 14.3 Å². The van der Waals surface area contributed by atoms with E-state index in [4.69, 9.17) is 0 Å². The van der Waals surface area contributed by atoms with Gasteiger partial charge in [-0.15, -0.1) is 0 Å². The van der Waals surface area contributed by atoms with Gasteiger partial charge in [-0.2, -0.15) is 10.4 Å². The highest BCUT2D eigenvalue weighted by Gasteiger charge is 2.26. The third kappa shape index (κ3) is 3.85. The number of nitriles is 1. The van der Waals surface area contributed by atoms with Gasteiger partial charge in [-0.05, 0) is 32.3 Å². The van der Waals surface area contributed by atoms with Gasteiger partial charge in [0.05, 0.1) is 12.1 Å². The summed E-state index contributed by atoms with van der Waals surface area (Å²) in [5, 5.41) is 17.0. The highest BCUT2D eigenvalue weighted by Crippen LogP contribution is 2.36. The molecule has 3 rings (SSSR count). The number of carbonyl (C=O) groups is 1. The molecule has 0 aliphatic heterocycles. The molecule has 1 aliphatic carbocycles. The van der Waals surface area contributed by atoms with Crippen LogP contribution in [-0.2, 0) is 11.8 Å². The first kappa shape index (κ1) is 19.0. The van der Waals surface area contributed by atoms with E-state index in [-0.39, 0.29) is 12.5 Å². The fourth-order valence-corrected chi connectivity index (χ4v) is 3.96. The van der Waals surface area contributed by atoms with E-state index >= 15 is 0 Å². The van der Waals surface area contributed by atoms with Gasteiger partial charge in [-0.25, -0.2) is 0 Å². The molecular weight excluding hydrogens is 340 g/mol. The number of nitrogens with one attached hydrogen (secondary N) is 1. The van der Waals surface area contributed by atoms with E-state index in [1.807, 2.05) is 40.2 Å². The number of nitrogens with zero attached hydrogens (tertiary/aromatic N) is 5. The second-order valence-electron chi connectivity index (χ2n) is 7.46. The molecule has 0 atom stereocenters. The summed E-state index contributed by atoms with van der Waals surface area (Å²) in [5.74, 6) is 1.25. The van der Waals surface area contributed by atoms with Crippen molar-refractivity contribution in [2.75, 3.05) is 23.8 Å². The van der Waals surface area contributed by atoms with Crippen molar-refractivity contribution >= 4 is 17.5 Å². The summed E-state index contributed by atoms with van der Waals surface area (Å²) < 4.78 is 3.89. The smallest absolute Gasteiger partial charge is 0.245 e. The van der Waals surface area contributed by atoms with Crippen molar-refractivity contribution in [2.24, 2.45) is 7.05 Å².